The summed E-state index contributed by atoms with van der Waals surface area (Å²) in [5, 5.41) is 0.263. The highest BCUT2D eigenvalue weighted by atomic mass is 35.5. The summed E-state index contributed by atoms with van der Waals surface area (Å²) in [6, 6.07) is 3.67. The van der Waals surface area contributed by atoms with Gasteiger partial charge in [-0.3, -0.25) is 0 Å². The van der Waals surface area contributed by atoms with Gasteiger partial charge < -0.3 is 4.74 Å². The second-order valence-electron chi connectivity index (χ2n) is 7.62. The number of hydrogen-bond acceptors (Lipinski definition) is 1. The Bertz CT molecular complexity index is 529. The fraction of sp³-hybridized carbons (Fsp3) is 0.700. The highest BCUT2D eigenvalue weighted by Crippen LogP contribution is 2.45. The third kappa shape index (κ3) is 3.68. The maximum absolute atomic E-state index is 14.2. The molecule has 3 rings (SSSR count). The van der Waals surface area contributed by atoms with Crippen LogP contribution in [0, 0.1) is 23.6 Å². The number of halogens is 2. The van der Waals surface area contributed by atoms with Crippen LogP contribution in [-0.2, 0) is 0 Å². The van der Waals surface area contributed by atoms with Crippen molar-refractivity contribution >= 4 is 11.6 Å². The SMILES string of the molecule is COc1ccc(C2CCC(C3CCC(C)CC3)CC2)c(Cl)c1F. The molecule has 0 spiro atoms. The molecule has 0 atom stereocenters. The molecule has 0 unspecified atom stereocenters. The predicted octanol–water partition coefficient (Wildman–Crippen LogP) is 6.59. The number of ether oxygens (including phenoxy) is 1. The van der Waals surface area contributed by atoms with E-state index < -0.39 is 5.82 Å². The van der Waals surface area contributed by atoms with Gasteiger partial charge in [0.15, 0.2) is 11.6 Å². The summed E-state index contributed by atoms with van der Waals surface area (Å²) >= 11 is 6.26. The highest BCUT2D eigenvalue weighted by Gasteiger charge is 2.31. The summed E-state index contributed by atoms with van der Waals surface area (Å²) in [4.78, 5) is 0. The van der Waals surface area contributed by atoms with Gasteiger partial charge in [-0.25, -0.2) is 4.39 Å². The lowest BCUT2D eigenvalue weighted by Crippen LogP contribution is -2.24. The van der Waals surface area contributed by atoms with Crippen molar-refractivity contribution in [3.05, 3.63) is 28.5 Å². The predicted molar refractivity (Wildman–Crippen MR) is 93.8 cm³/mol. The molecule has 2 aliphatic carbocycles. The lowest BCUT2D eigenvalue weighted by Gasteiger charge is -2.37. The van der Waals surface area contributed by atoms with E-state index in [0.29, 0.717) is 5.92 Å². The summed E-state index contributed by atoms with van der Waals surface area (Å²) in [5.74, 6) is 2.96. The van der Waals surface area contributed by atoms with Gasteiger partial charge in [0.2, 0.25) is 0 Å². The van der Waals surface area contributed by atoms with Gasteiger partial charge >= 0.3 is 0 Å². The van der Waals surface area contributed by atoms with Crippen molar-refractivity contribution in [2.75, 3.05) is 7.11 Å². The lowest BCUT2D eigenvalue weighted by molar-refractivity contribution is 0.165. The molecule has 0 aliphatic heterocycles. The molecule has 3 heteroatoms. The van der Waals surface area contributed by atoms with Crippen LogP contribution in [0.5, 0.6) is 5.75 Å². The largest absolute Gasteiger partial charge is 0.494 e. The molecule has 0 bridgehead atoms. The topological polar surface area (TPSA) is 9.23 Å². The average Bonchev–Trinajstić information content (AvgIpc) is 2.58. The second kappa shape index (κ2) is 7.42. The first-order valence-corrected chi connectivity index (χ1v) is 9.49. The number of methoxy groups -OCH3 is 1. The summed E-state index contributed by atoms with van der Waals surface area (Å²) in [6.07, 6.45) is 10.5. The Morgan fingerprint density at radius 2 is 1.52 bits per heavy atom. The fourth-order valence-electron chi connectivity index (χ4n) is 4.68. The highest BCUT2D eigenvalue weighted by molar-refractivity contribution is 6.31. The van der Waals surface area contributed by atoms with Crippen LogP contribution in [-0.4, -0.2) is 7.11 Å². The zero-order chi connectivity index (χ0) is 16.4. The van der Waals surface area contributed by atoms with Crippen molar-refractivity contribution < 1.29 is 9.13 Å². The minimum absolute atomic E-state index is 0.240. The molecule has 0 heterocycles. The van der Waals surface area contributed by atoms with Gasteiger partial charge in [0, 0.05) is 0 Å². The van der Waals surface area contributed by atoms with E-state index in [4.69, 9.17) is 16.3 Å². The molecular formula is C20H28ClFO. The Balaban J connectivity index is 1.62. The van der Waals surface area contributed by atoms with E-state index in [1.165, 1.54) is 45.6 Å². The Morgan fingerprint density at radius 1 is 0.957 bits per heavy atom. The quantitative estimate of drug-likeness (QED) is 0.604. The molecule has 128 valence electrons. The van der Waals surface area contributed by atoms with Crippen LogP contribution in [0.15, 0.2) is 12.1 Å². The van der Waals surface area contributed by atoms with E-state index >= 15 is 0 Å². The maximum atomic E-state index is 14.2. The Hall–Kier alpha value is -0.760. The maximum Gasteiger partial charge on any atom is 0.183 e. The minimum atomic E-state index is -0.407. The van der Waals surface area contributed by atoms with Crippen molar-refractivity contribution in [3.63, 3.8) is 0 Å². The Morgan fingerprint density at radius 3 is 2.09 bits per heavy atom. The van der Waals surface area contributed by atoms with E-state index in [1.54, 1.807) is 6.07 Å². The normalized spacial score (nSPS) is 31.8. The lowest BCUT2D eigenvalue weighted by atomic mass is 9.68. The molecule has 2 saturated carbocycles. The van der Waals surface area contributed by atoms with Gasteiger partial charge in [-0.05, 0) is 73.8 Å². The van der Waals surface area contributed by atoms with Crippen LogP contribution in [0.3, 0.4) is 0 Å². The third-order valence-corrected chi connectivity index (χ3v) is 6.62. The van der Waals surface area contributed by atoms with Crippen LogP contribution in [0.2, 0.25) is 5.02 Å². The van der Waals surface area contributed by atoms with E-state index in [-0.39, 0.29) is 10.8 Å². The first-order valence-electron chi connectivity index (χ1n) is 9.12. The molecule has 2 fully saturated rings. The van der Waals surface area contributed by atoms with E-state index in [1.807, 2.05) is 6.07 Å². The second-order valence-corrected chi connectivity index (χ2v) is 7.99. The molecular weight excluding hydrogens is 311 g/mol. The van der Waals surface area contributed by atoms with Crippen molar-refractivity contribution in [3.8, 4) is 5.75 Å². The van der Waals surface area contributed by atoms with Gasteiger partial charge in [0.25, 0.3) is 0 Å². The number of rotatable bonds is 3. The number of benzene rings is 1. The van der Waals surface area contributed by atoms with Crippen molar-refractivity contribution in [1.82, 2.24) is 0 Å². The summed E-state index contributed by atoms with van der Waals surface area (Å²) in [7, 11) is 1.48. The van der Waals surface area contributed by atoms with E-state index in [2.05, 4.69) is 6.92 Å². The van der Waals surface area contributed by atoms with Crippen LogP contribution < -0.4 is 4.74 Å². The van der Waals surface area contributed by atoms with Crippen LogP contribution in [0.4, 0.5) is 4.39 Å². The molecule has 0 aromatic heterocycles. The standard InChI is InChI=1S/C20H28ClFO/c1-13-3-5-14(6-4-13)15-7-9-16(10-8-15)17-11-12-18(23-2)20(22)19(17)21/h11-16H,3-10H2,1-2H3. The van der Waals surface area contributed by atoms with Gasteiger partial charge in [-0.15, -0.1) is 0 Å². The molecule has 1 aromatic rings. The molecule has 1 nitrogen and oxygen atoms in total. The van der Waals surface area contributed by atoms with Gasteiger partial charge in [0.1, 0.15) is 0 Å². The smallest absolute Gasteiger partial charge is 0.183 e. The van der Waals surface area contributed by atoms with Crippen molar-refractivity contribution in [2.24, 2.45) is 17.8 Å². The molecule has 1 aromatic carbocycles. The minimum Gasteiger partial charge on any atom is -0.494 e. The molecule has 0 N–H and O–H groups in total. The zero-order valence-electron chi connectivity index (χ0n) is 14.3. The molecule has 2 aliphatic rings. The monoisotopic (exact) mass is 338 g/mol. The van der Waals surface area contributed by atoms with Gasteiger partial charge in [-0.1, -0.05) is 37.4 Å². The number of hydrogen-bond donors (Lipinski definition) is 0. The third-order valence-electron chi connectivity index (χ3n) is 6.24. The van der Waals surface area contributed by atoms with Crippen molar-refractivity contribution in [1.29, 1.82) is 0 Å². The van der Waals surface area contributed by atoms with E-state index in [9.17, 15) is 4.39 Å². The van der Waals surface area contributed by atoms with E-state index in [0.717, 1.165) is 36.2 Å². The molecule has 0 saturated heterocycles. The summed E-state index contributed by atoms with van der Waals surface area (Å²) < 4.78 is 19.2. The van der Waals surface area contributed by atoms with Crippen molar-refractivity contribution in [2.45, 2.75) is 64.2 Å². The molecule has 0 radical (unpaired) electrons. The van der Waals surface area contributed by atoms with Crippen LogP contribution >= 0.6 is 11.6 Å². The van der Waals surface area contributed by atoms with Gasteiger partial charge in [0.05, 0.1) is 12.1 Å². The van der Waals surface area contributed by atoms with Crippen LogP contribution in [0.25, 0.3) is 0 Å². The summed E-state index contributed by atoms with van der Waals surface area (Å²) in [5.41, 5.74) is 0.973. The summed E-state index contributed by atoms with van der Waals surface area (Å²) in [6.45, 7) is 2.38. The average molecular weight is 339 g/mol. The molecule has 0 amide bonds. The molecule has 23 heavy (non-hydrogen) atoms. The van der Waals surface area contributed by atoms with Gasteiger partial charge in [-0.2, -0.15) is 0 Å². The fourth-order valence-corrected chi connectivity index (χ4v) is 4.99. The Labute approximate surface area is 144 Å². The Kier molecular flexibility index (Phi) is 5.51. The first-order chi connectivity index (χ1) is 11.1. The zero-order valence-corrected chi connectivity index (χ0v) is 15.0. The van der Waals surface area contributed by atoms with Crippen LogP contribution in [0.1, 0.15) is 69.8 Å². The first kappa shape index (κ1) is 17.1.